The van der Waals surface area contributed by atoms with Crippen LogP contribution < -0.4 is 20.4 Å². The number of amides is 1. The van der Waals surface area contributed by atoms with Crippen molar-refractivity contribution in [2.75, 3.05) is 32.1 Å². The van der Waals surface area contributed by atoms with Gasteiger partial charge in [-0.05, 0) is 58.4 Å². The van der Waals surface area contributed by atoms with Gasteiger partial charge in [0, 0.05) is 49.5 Å². The molecule has 9 nitrogen and oxygen atoms in total. The maximum absolute atomic E-state index is 12.8. The van der Waals surface area contributed by atoms with Gasteiger partial charge in [-0.1, -0.05) is 0 Å². The van der Waals surface area contributed by atoms with E-state index in [0.717, 1.165) is 30.7 Å². The van der Waals surface area contributed by atoms with Gasteiger partial charge < -0.3 is 14.8 Å². The number of benzene rings is 1. The van der Waals surface area contributed by atoms with Crippen molar-refractivity contribution in [1.82, 2.24) is 19.4 Å². The van der Waals surface area contributed by atoms with Crippen LogP contribution in [0.15, 0.2) is 41.7 Å². The van der Waals surface area contributed by atoms with Crippen LogP contribution in [0.5, 0.6) is 11.5 Å². The number of nitrogens with one attached hydrogen (secondary N) is 1. The number of fused-ring (bicyclic) bond motifs is 3. The highest BCUT2D eigenvalue weighted by Gasteiger charge is 2.21. The van der Waals surface area contributed by atoms with E-state index in [1.54, 1.807) is 25.4 Å². The van der Waals surface area contributed by atoms with Gasteiger partial charge in [0.1, 0.15) is 11.3 Å². The molecule has 3 aromatic rings. The SMILES string of the molecule is COc1c(OCCCN(C(C)C)C(C)C)ccc2c3n(c(=NC(=O)c4cccnc4)nc12)CCN3. The second-order valence-electron chi connectivity index (χ2n) is 9.12. The predicted octanol–water partition coefficient (Wildman–Crippen LogP) is 3.49. The highest BCUT2D eigenvalue weighted by Crippen LogP contribution is 2.37. The van der Waals surface area contributed by atoms with Crippen molar-refractivity contribution < 1.29 is 14.3 Å². The number of ether oxygens (including phenoxy) is 2. The first-order chi connectivity index (χ1) is 16.9. The minimum atomic E-state index is -0.391. The minimum absolute atomic E-state index is 0.325. The average molecular weight is 479 g/mol. The van der Waals surface area contributed by atoms with Crippen LogP contribution in [-0.2, 0) is 6.54 Å². The molecule has 1 N–H and O–H groups in total. The number of aromatic nitrogens is 3. The number of pyridine rings is 1. The zero-order valence-electron chi connectivity index (χ0n) is 21.1. The largest absolute Gasteiger partial charge is 0.491 e. The lowest BCUT2D eigenvalue weighted by atomic mass is 10.2. The molecular formula is C26H34N6O3. The summed E-state index contributed by atoms with van der Waals surface area (Å²) in [5, 5.41) is 4.28. The van der Waals surface area contributed by atoms with E-state index in [0.29, 0.717) is 53.4 Å². The summed E-state index contributed by atoms with van der Waals surface area (Å²) in [6.45, 7) is 11.8. The van der Waals surface area contributed by atoms with E-state index in [9.17, 15) is 4.79 Å². The fourth-order valence-electron chi connectivity index (χ4n) is 4.53. The van der Waals surface area contributed by atoms with Crippen molar-refractivity contribution in [2.24, 2.45) is 4.99 Å². The van der Waals surface area contributed by atoms with Gasteiger partial charge in [0.25, 0.3) is 5.91 Å². The van der Waals surface area contributed by atoms with Gasteiger partial charge in [-0.15, -0.1) is 0 Å². The molecule has 35 heavy (non-hydrogen) atoms. The fourth-order valence-corrected chi connectivity index (χ4v) is 4.53. The van der Waals surface area contributed by atoms with E-state index < -0.39 is 5.91 Å². The number of carbonyl (C=O) groups is 1. The van der Waals surface area contributed by atoms with Crippen LogP contribution in [-0.4, -0.2) is 64.2 Å². The second kappa shape index (κ2) is 10.9. The van der Waals surface area contributed by atoms with Crippen LogP contribution >= 0.6 is 0 Å². The summed E-state index contributed by atoms with van der Waals surface area (Å²) < 4.78 is 13.8. The van der Waals surface area contributed by atoms with Gasteiger partial charge in [0.15, 0.2) is 11.5 Å². The molecule has 0 saturated heterocycles. The maximum Gasteiger partial charge on any atom is 0.281 e. The Labute approximate surface area is 205 Å². The third kappa shape index (κ3) is 5.30. The maximum atomic E-state index is 12.8. The number of methoxy groups -OCH3 is 1. The first kappa shape index (κ1) is 24.7. The molecule has 2 aromatic heterocycles. The molecule has 0 fully saturated rings. The van der Waals surface area contributed by atoms with E-state index in [1.165, 1.54) is 6.20 Å². The average Bonchev–Trinajstić information content (AvgIpc) is 3.34. The highest BCUT2D eigenvalue weighted by atomic mass is 16.5. The quantitative estimate of drug-likeness (QED) is 0.471. The molecule has 0 atom stereocenters. The van der Waals surface area contributed by atoms with Crippen molar-refractivity contribution in [3.8, 4) is 11.5 Å². The third-order valence-corrected chi connectivity index (χ3v) is 6.16. The summed E-state index contributed by atoms with van der Waals surface area (Å²) in [5.41, 5.74) is 1.34. The van der Waals surface area contributed by atoms with Crippen LogP contribution in [0.4, 0.5) is 5.82 Å². The third-order valence-electron chi connectivity index (χ3n) is 6.16. The molecule has 0 saturated carbocycles. The zero-order valence-corrected chi connectivity index (χ0v) is 21.1. The highest BCUT2D eigenvalue weighted by molar-refractivity contribution is 5.96. The van der Waals surface area contributed by atoms with Gasteiger partial charge in [0.2, 0.25) is 5.62 Å². The second-order valence-corrected chi connectivity index (χ2v) is 9.12. The van der Waals surface area contributed by atoms with Gasteiger partial charge in [-0.25, -0.2) is 4.98 Å². The van der Waals surface area contributed by atoms with E-state index in [-0.39, 0.29) is 0 Å². The molecule has 186 valence electrons. The van der Waals surface area contributed by atoms with Crippen molar-refractivity contribution >= 4 is 22.6 Å². The van der Waals surface area contributed by atoms with Crippen LogP contribution in [0, 0.1) is 0 Å². The van der Waals surface area contributed by atoms with Gasteiger partial charge in [-0.2, -0.15) is 4.99 Å². The Bertz CT molecular complexity index is 1250. The molecule has 1 amide bonds. The smallest absolute Gasteiger partial charge is 0.281 e. The molecule has 1 aromatic carbocycles. The Balaban J connectivity index is 1.65. The van der Waals surface area contributed by atoms with Crippen LogP contribution in [0.2, 0.25) is 0 Å². The van der Waals surface area contributed by atoms with Crippen molar-refractivity contribution in [3.63, 3.8) is 0 Å². The van der Waals surface area contributed by atoms with Crippen molar-refractivity contribution in [3.05, 3.63) is 47.8 Å². The summed E-state index contributed by atoms with van der Waals surface area (Å²) in [6, 6.07) is 8.27. The monoisotopic (exact) mass is 478 g/mol. The number of nitrogens with zero attached hydrogens (tertiary/aromatic N) is 5. The molecule has 9 heteroatoms. The molecule has 0 unspecified atom stereocenters. The molecule has 0 bridgehead atoms. The zero-order chi connectivity index (χ0) is 24.9. The number of rotatable bonds is 9. The topological polar surface area (TPSA) is 93.9 Å². The first-order valence-corrected chi connectivity index (χ1v) is 12.1. The molecule has 3 heterocycles. The molecule has 4 rings (SSSR count). The fraction of sp³-hybridized carbons (Fsp3) is 0.462. The Morgan fingerprint density at radius 1 is 1.23 bits per heavy atom. The lowest BCUT2D eigenvalue weighted by Gasteiger charge is -2.30. The molecular weight excluding hydrogens is 444 g/mol. The number of hydrogen-bond acceptors (Lipinski definition) is 7. The summed E-state index contributed by atoms with van der Waals surface area (Å²) in [7, 11) is 1.61. The summed E-state index contributed by atoms with van der Waals surface area (Å²) in [5.74, 6) is 1.63. The molecule has 0 aliphatic carbocycles. The van der Waals surface area contributed by atoms with E-state index in [2.05, 4.69) is 47.9 Å². The van der Waals surface area contributed by atoms with Crippen molar-refractivity contribution in [1.29, 1.82) is 0 Å². The predicted molar refractivity (Wildman–Crippen MR) is 136 cm³/mol. The molecule has 0 spiro atoms. The van der Waals surface area contributed by atoms with Gasteiger partial charge in [-0.3, -0.25) is 19.2 Å². The lowest BCUT2D eigenvalue weighted by Crippen LogP contribution is -2.38. The minimum Gasteiger partial charge on any atom is -0.491 e. The molecule has 1 aliphatic rings. The Morgan fingerprint density at radius 2 is 2.03 bits per heavy atom. The molecule has 0 radical (unpaired) electrons. The Hall–Kier alpha value is -3.46. The standard InChI is InChI=1S/C26H34N6O3/c1-17(2)31(18(3)4)13-7-15-35-21-10-9-20-22(23(21)34-5)29-26(32-14-12-28-24(20)32)30-25(33)19-8-6-11-27-16-19/h6,8-11,16-18,28H,7,12-15H2,1-5H3. The van der Waals surface area contributed by atoms with E-state index in [1.807, 2.05) is 16.7 Å². The lowest BCUT2D eigenvalue weighted by molar-refractivity contribution is 0.0996. The number of hydrogen-bond donors (Lipinski definition) is 1. The number of anilines is 1. The number of carbonyl (C=O) groups excluding carboxylic acids is 1. The van der Waals surface area contributed by atoms with Crippen molar-refractivity contribution in [2.45, 2.75) is 52.7 Å². The van der Waals surface area contributed by atoms with Crippen LogP contribution in [0.3, 0.4) is 0 Å². The Morgan fingerprint density at radius 3 is 2.71 bits per heavy atom. The Kier molecular flexibility index (Phi) is 7.65. The summed E-state index contributed by atoms with van der Waals surface area (Å²) in [4.78, 5) is 28.3. The van der Waals surface area contributed by atoms with Crippen LogP contribution in [0.25, 0.3) is 10.9 Å². The normalized spacial score (nSPS) is 13.5. The first-order valence-electron chi connectivity index (χ1n) is 12.1. The summed E-state index contributed by atoms with van der Waals surface area (Å²) >= 11 is 0. The van der Waals surface area contributed by atoms with E-state index in [4.69, 9.17) is 14.5 Å². The van der Waals surface area contributed by atoms with E-state index >= 15 is 0 Å². The van der Waals surface area contributed by atoms with Gasteiger partial charge >= 0.3 is 0 Å². The van der Waals surface area contributed by atoms with Gasteiger partial charge in [0.05, 0.1) is 19.3 Å². The van der Waals surface area contributed by atoms with Crippen LogP contribution in [0.1, 0.15) is 44.5 Å². The molecule has 1 aliphatic heterocycles. The summed E-state index contributed by atoms with van der Waals surface area (Å²) in [6.07, 6.45) is 4.02.